The summed E-state index contributed by atoms with van der Waals surface area (Å²) in [6.45, 7) is 1.09. The number of benzene rings is 1. The van der Waals surface area contributed by atoms with E-state index in [0.29, 0.717) is 13.2 Å². The lowest BCUT2D eigenvalue weighted by Crippen LogP contribution is -2.05. The van der Waals surface area contributed by atoms with Gasteiger partial charge in [0.1, 0.15) is 12.4 Å². The molecule has 1 aromatic rings. The fourth-order valence-electron chi connectivity index (χ4n) is 2.94. The monoisotopic (exact) mass is 356 g/mol. The van der Waals surface area contributed by atoms with Gasteiger partial charge in [-0.15, -0.1) is 0 Å². The molecule has 118 valence electrons. The molecule has 3 nitrogen and oxygen atoms in total. The molecule has 1 saturated carbocycles. The van der Waals surface area contributed by atoms with Gasteiger partial charge in [0.25, 0.3) is 0 Å². The third-order valence-electron chi connectivity index (χ3n) is 4.21. The maximum Gasteiger partial charge on any atom is 0.133 e. The molecule has 0 bridgehead atoms. The zero-order chi connectivity index (χ0) is 15.1. The number of hydrogen-bond donors (Lipinski definition) is 1. The SMILES string of the molecule is COCCOc1ccc(C(O)CCC2CCCC2)cc1Br. The van der Waals surface area contributed by atoms with Gasteiger partial charge in [-0.05, 0) is 52.4 Å². The van der Waals surface area contributed by atoms with Crippen molar-refractivity contribution in [3.63, 3.8) is 0 Å². The molecular formula is C17H25BrO3. The standard InChI is InChI=1S/C17H25BrO3/c1-20-10-11-21-17-9-7-14(12-15(17)18)16(19)8-6-13-4-2-3-5-13/h7,9,12-13,16,19H,2-6,8,10-11H2,1H3. The summed E-state index contributed by atoms with van der Waals surface area (Å²) in [5.41, 5.74) is 0.957. The van der Waals surface area contributed by atoms with Crippen LogP contribution in [-0.2, 0) is 4.74 Å². The Kier molecular flexibility index (Phi) is 7.00. The normalized spacial score (nSPS) is 17.1. The van der Waals surface area contributed by atoms with Crippen LogP contribution in [0.15, 0.2) is 22.7 Å². The van der Waals surface area contributed by atoms with Crippen molar-refractivity contribution in [2.45, 2.75) is 44.6 Å². The van der Waals surface area contributed by atoms with Crippen LogP contribution >= 0.6 is 15.9 Å². The second kappa shape index (κ2) is 8.76. The van der Waals surface area contributed by atoms with E-state index in [9.17, 15) is 5.11 Å². The Labute approximate surface area is 135 Å². The smallest absolute Gasteiger partial charge is 0.133 e. The van der Waals surface area contributed by atoms with Crippen LogP contribution in [0.2, 0.25) is 0 Å². The Bertz CT molecular complexity index is 430. The Balaban J connectivity index is 1.85. The number of aliphatic hydroxyl groups is 1. The number of methoxy groups -OCH3 is 1. The quantitative estimate of drug-likeness (QED) is 0.698. The van der Waals surface area contributed by atoms with Gasteiger partial charge >= 0.3 is 0 Å². The molecule has 2 rings (SSSR count). The largest absolute Gasteiger partial charge is 0.490 e. The Hall–Kier alpha value is -0.580. The van der Waals surface area contributed by atoms with Gasteiger partial charge in [-0.1, -0.05) is 31.7 Å². The first-order valence-corrected chi connectivity index (χ1v) is 8.59. The average Bonchev–Trinajstić information content (AvgIpc) is 3.00. The highest BCUT2D eigenvalue weighted by atomic mass is 79.9. The van der Waals surface area contributed by atoms with Gasteiger partial charge in [-0.3, -0.25) is 0 Å². The summed E-state index contributed by atoms with van der Waals surface area (Å²) in [6.07, 6.45) is 6.99. The van der Waals surface area contributed by atoms with Crippen molar-refractivity contribution in [2.24, 2.45) is 5.92 Å². The summed E-state index contributed by atoms with van der Waals surface area (Å²) < 4.78 is 11.5. The van der Waals surface area contributed by atoms with Crippen LogP contribution in [-0.4, -0.2) is 25.4 Å². The highest BCUT2D eigenvalue weighted by molar-refractivity contribution is 9.10. The number of aliphatic hydroxyl groups excluding tert-OH is 1. The van der Waals surface area contributed by atoms with Crippen LogP contribution in [0.4, 0.5) is 0 Å². The van der Waals surface area contributed by atoms with E-state index >= 15 is 0 Å². The molecule has 1 unspecified atom stereocenters. The van der Waals surface area contributed by atoms with Crippen molar-refractivity contribution in [3.8, 4) is 5.75 Å². The molecule has 1 atom stereocenters. The molecule has 0 amide bonds. The molecule has 1 fully saturated rings. The molecule has 0 aromatic heterocycles. The Morgan fingerprint density at radius 2 is 2.05 bits per heavy atom. The van der Waals surface area contributed by atoms with Gasteiger partial charge in [0.05, 0.1) is 17.2 Å². The minimum absolute atomic E-state index is 0.380. The van der Waals surface area contributed by atoms with Crippen molar-refractivity contribution in [1.29, 1.82) is 0 Å². The molecule has 1 aliphatic rings. The molecule has 1 aliphatic carbocycles. The lowest BCUT2D eigenvalue weighted by atomic mass is 9.96. The molecule has 0 spiro atoms. The van der Waals surface area contributed by atoms with Gasteiger partial charge in [-0.25, -0.2) is 0 Å². The summed E-state index contributed by atoms with van der Waals surface area (Å²) in [5.74, 6) is 1.61. The summed E-state index contributed by atoms with van der Waals surface area (Å²) in [4.78, 5) is 0. The molecule has 1 N–H and O–H groups in total. The van der Waals surface area contributed by atoms with E-state index in [4.69, 9.17) is 9.47 Å². The fourth-order valence-corrected chi connectivity index (χ4v) is 3.45. The second-order valence-corrected chi connectivity index (χ2v) is 6.63. The van der Waals surface area contributed by atoms with E-state index in [1.54, 1.807) is 7.11 Å². The molecule has 21 heavy (non-hydrogen) atoms. The first-order chi connectivity index (χ1) is 10.2. The first-order valence-electron chi connectivity index (χ1n) is 7.80. The van der Waals surface area contributed by atoms with Gasteiger partial charge in [-0.2, -0.15) is 0 Å². The highest BCUT2D eigenvalue weighted by Gasteiger charge is 2.17. The van der Waals surface area contributed by atoms with Crippen molar-refractivity contribution in [3.05, 3.63) is 28.2 Å². The van der Waals surface area contributed by atoms with Crippen LogP contribution in [0.25, 0.3) is 0 Å². The van der Waals surface area contributed by atoms with Gasteiger partial charge < -0.3 is 14.6 Å². The van der Waals surface area contributed by atoms with E-state index < -0.39 is 0 Å². The maximum atomic E-state index is 10.3. The second-order valence-electron chi connectivity index (χ2n) is 5.77. The Morgan fingerprint density at radius 1 is 1.29 bits per heavy atom. The van der Waals surface area contributed by atoms with Crippen molar-refractivity contribution in [1.82, 2.24) is 0 Å². The molecule has 4 heteroatoms. The number of ether oxygens (including phenoxy) is 2. The molecule has 1 aromatic carbocycles. The molecule has 0 aliphatic heterocycles. The predicted molar refractivity (Wildman–Crippen MR) is 87.7 cm³/mol. The van der Waals surface area contributed by atoms with Crippen molar-refractivity contribution >= 4 is 15.9 Å². The zero-order valence-corrected chi connectivity index (χ0v) is 14.3. The van der Waals surface area contributed by atoms with Crippen LogP contribution < -0.4 is 4.74 Å². The van der Waals surface area contributed by atoms with Crippen LogP contribution in [0, 0.1) is 5.92 Å². The van der Waals surface area contributed by atoms with Gasteiger partial charge in [0.2, 0.25) is 0 Å². The van der Waals surface area contributed by atoms with E-state index in [2.05, 4.69) is 15.9 Å². The lowest BCUT2D eigenvalue weighted by Gasteiger charge is -2.15. The lowest BCUT2D eigenvalue weighted by molar-refractivity contribution is 0.145. The van der Waals surface area contributed by atoms with E-state index in [1.165, 1.54) is 25.7 Å². The highest BCUT2D eigenvalue weighted by Crippen LogP contribution is 2.33. The topological polar surface area (TPSA) is 38.7 Å². The fraction of sp³-hybridized carbons (Fsp3) is 0.647. The van der Waals surface area contributed by atoms with E-state index in [-0.39, 0.29) is 6.10 Å². The molecule has 0 saturated heterocycles. The van der Waals surface area contributed by atoms with Gasteiger partial charge in [0.15, 0.2) is 0 Å². The summed E-state index contributed by atoms with van der Waals surface area (Å²) in [5, 5.41) is 10.3. The first kappa shape index (κ1) is 16.8. The van der Waals surface area contributed by atoms with Crippen LogP contribution in [0.3, 0.4) is 0 Å². The van der Waals surface area contributed by atoms with Crippen LogP contribution in [0.5, 0.6) is 5.75 Å². The summed E-state index contributed by atoms with van der Waals surface area (Å²) in [7, 11) is 1.65. The maximum absolute atomic E-state index is 10.3. The van der Waals surface area contributed by atoms with Crippen LogP contribution in [0.1, 0.15) is 50.2 Å². The molecule has 0 heterocycles. The van der Waals surface area contributed by atoms with Crippen molar-refractivity contribution in [2.75, 3.05) is 20.3 Å². The summed E-state index contributed by atoms with van der Waals surface area (Å²) >= 11 is 3.51. The third kappa shape index (κ3) is 5.28. The van der Waals surface area contributed by atoms with Gasteiger partial charge in [0, 0.05) is 7.11 Å². The number of hydrogen-bond acceptors (Lipinski definition) is 3. The predicted octanol–water partition coefficient (Wildman–Crippen LogP) is 4.48. The third-order valence-corrected chi connectivity index (χ3v) is 4.83. The molecule has 0 radical (unpaired) electrons. The van der Waals surface area contributed by atoms with E-state index in [1.807, 2.05) is 18.2 Å². The summed E-state index contributed by atoms with van der Waals surface area (Å²) in [6, 6.07) is 5.82. The Morgan fingerprint density at radius 3 is 2.71 bits per heavy atom. The number of halogens is 1. The average molecular weight is 357 g/mol. The molecular weight excluding hydrogens is 332 g/mol. The zero-order valence-electron chi connectivity index (χ0n) is 12.7. The van der Waals surface area contributed by atoms with Crippen molar-refractivity contribution < 1.29 is 14.6 Å². The minimum atomic E-state index is -0.380. The number of rotatable bonds is 8. The van der Waals surface area contributed by atoms with E-state index in [0.717, 1.165) is 34.5 Å². The minimum Gasteiger partial charge on any atom is -0.490 e.